The smallest absolute Gasteiger partial charge is 0.407 e. The second kappa shape index (κ2) is 8.28. The summed E-state index contributed by atoms with van der Waals surface area (Å²) in [5, 5.41) is 9.55. The Bertz CT molecular complexity index is 417. The summed E-state index contributed by atoms with van der Waals surface area (Å²) in [6.45, 7) is 14.9. The van der Waals surface area contributed by atoms with E-state index in [9.17, 15) is 14.5 Å². The van der Waals surface area contributed by atoms with E-state index in [1.165, 1.54) is 0 Å². The molecule has 24 heavy (non-hydrogen) atoms. The van der Waals surface area contributed by atoms with E-state index >= 15 is 0 Å². The molecular formula is C18H36N2O3S. The van der Waals surface area contributed by atoms with E-state index in [-0.39, 0.29) is 22.2 Å². The van der Waals surface area contributed by atoms with Crippen LogP contribution in [0.4, 0.5) is 4.79 Å². The molecule has 0 saturated carbocycles. The molecule has 4 atom stereocenters. The number of nitrogens with zero attached hydrogens (tertiary/aromatic N) is 1. The van der Waals surface area contributed by atoms with Crippen molar-refractivity contribution in [1.29, 1.82) is 0 Å². The normalized spacial score (nSPS) is 26.4. The van der Waals surface area contributed by atoms with Gasteiger partial charge in [-0.2, -0.15) is 0 Å². The Hall–Kier alpha value is -0.460. The quantitative estimate of drug-likeness (QED) is 0.746. The number of amides is 1. The van der Waals surface area contributed by atoms with Gasteiger partial charge in [0.15, 0.2) is 0 Å². The zero-order chi connectivity index (χ0) is 18.7. The minimum Gasteiger partial charge on any atom is -0.598 e. The fourth-order valence-electron chi connectivity index (χ4n) is 3.42. The molecule has 0 bridgehead atoms. The van der Waals surface area contributed by atoms with Crippen molar-refractivity contribution in [2.75, 3.05) is 6.54 Å². The second-order valence-corrected chi connectivity index (χ2v) is 11.1. The van der Waals surface area contributed by atoms with Crippen molar-refractivity contribution in [2.45, 2.75) is 91.0 Å². The van der Waals surface area contributed by atoms with Crippen molar-refractivity contribution in [2.24, 2.45) is 11.3 Å². The molecule has 0 aromatic heterocycles. The lowest BCUT2D eigenvalue weighted by Gasteiger charge is -2.42. The second-order valence-electron chi connectivity index (χ2n) is 9.13. The highest BCUT2D eigenvalue weighted by molar-refractivity contribution is 7.90. The van der Waals surface area contributed by atoms with E-state index in [1.807, 2.05) is 20.8 Å². The number of hydrogen-bond acceptors (Lipinski definition) is 3. The van der Waals surface area contributed by atoms with E-state index in [0.717, 1.165) is 25.7 Å². The Morgan fingerprint density at radius 1 is 1.21 bits per heavy atom. The summed E-state index contributed by atoms with van der Waals surface area (Å²) in [5.41, 5.74) is -0.0782. The third-order valence-electron chi connectivity index (χ3n) is 4.96. The highest BCUT2D eigenvalue weighted by Gasteiger charge is 2.37. The number of likely N-dealkylation sites (tertiary alicyclic amines) is 1. The van der Waals surface area contributed by atoms with Crippen LogP contribution in [0.3, 0.4) is 0 Å². The maximum Gasteiger partial charge on any atom is 0.407 e. The molecule has 1 saturated heterocycles. The minimum absolute atomic E-state index is 0.0260. The minimum atomic E-state index is -1.07. The zero-order valence-electron chi connectivity index (χ0n) is 16.4. The van der Waals surface area contributed by atoms with Gasteiger partial charge in [0.1, 0.15) is 4.75 Å². The summed E-state index contributed by atoms with van der Waals surface area (Å²) in [5.74, 6) is 0.428. The topological polar surface area (TPSA) is 75.6 Å². The molecule has 1 aliphatic heterocycles. The summed E-state index contributed by atoms with van der Waals surface area (Å²) < 4.78 is 15.3. The zero-order valence-corrected chi connectivity index (χ0v) is 17.2. The Labute approximate surface area is 150 Å². The van der Waals surface area contributed by atoms with Gasteiger partial charge < -0.3 is 14.6 Å². The molecule has 0 aromatic rings. The van der Waals surface area contributed by atoms with Crippen LogP contribution in [0.2, 0.25) is 0 Å². The lowest BCUT2D eigenvalue weighted by molar-refractivity contribution is 0.0629. The molecule has 1 amide bonds. The highest BCUT2D eigenvalue weighted by Crippen LogP contribution is 2.33. The Morgan fingerprint density at radius 2 is 1.79 bits per heavy atom. The van der Waals surface area contributed by atoms with Gasteiger partial charge in [-0.1, -0.05) is 20.8 Å². The van der Waals surface area contributed by atoms with Crippen molar-refractivity contribution >= 4 is 17.5 Å². The van der Waals surface area contributed by atoms with Crippen molar-refractivity contribution in [3.05, 3.63) is 0 Å². The van der Waals surface area contributed by atoms with Gasteiger partial charge in [-0.15, -0.1) is 4.72 Å². The molecule has 2 N–H and O–H groups in total. The van der Waals surface area contributed by atoms with Gasteiger partial charge in [0.05, 0.1) is 6.04 Å². The van der Waals surface area contributed by atoms with E-state index < -0.39 is 17.5 Å². The fourth-order valence-corrected chi connectivity index (χ4v) is 4.31. The van der Waals surface area contributed by atoms with Crippen LogP contribution in [-0.2, 0) is 11.4 Å². The third-order valence-corrected chi connectivity index (χ3v) is 6.66. The average molecular weight is 361 g/mol. The molecule has 0 aliphatic carbocycles. The fraction of sp³-hybridized carbons (Fsp3) is 0.944. The Kier molecular flexibility index (Phi) is 7.45. The maximum atomic E-state index is 12.4. The first kappa shape index (κ1) is 21.6. The first-order valence-corrected chi connectivity index (χ1v) is 10.2. The molecule has 0 spiro atoms. The molecular weight excluding hydrogens is 324 g/mol. The standard InChI is InChI=1S/C18H36N2O3S/c1-13(19-24(23)18(5,6)7)14-9-8-12-20(16(21)22)15(11-10-14)17(2,3)4/h13-15,19H,8-12H2,1-7H3,(H,21,22)/t13-,14?,15?,24?/m0/s1. The molecule has 0 aromatic carbocycles. The summed E-state index contributed by atoms with van der Waals surface area (Å²) in [4.78, 5) is 13.2. The summed E-state index contributed by atoms with van der Waals surface area (Å²) in [6.07, 6.45) is 2.83. The Morgan fingerprint density at radius 3 is 2.25 bits per heavy atom. The SMILES string of the molecule is C[C@H](N[S+]([O-])C(C)(C)C)C1CCCN(C(=O)O)C(C(C)(C)C)CC1. The van der Waals surface area contributed by atoms with Gasteiger partial charge in [0.2, 0.25) is 0 Å². The van der Waals surface area contributed by atoms with Gasteiger partial charge in [-0.25, -0.2) is 4.79 Å². The summed E-state index contributed by atoms with van der Waals surface area (Å²) >= 11 is -1.07. The average Bonchev–Trinajstić information content (AvgIpc) is 2.34. The lowest BCUT2D eigenvalue weighted by Crippen LogP contribution is -2.50. The van der Waals surface area contributed by atoms with E-state index in [2.05, 4.69) is 32.4 Å². The molecule has 5 nitrogen and oxygen atoms in total. The van der Waals surface area contributed by atoms with E-state index in [0.29, 0.717) is 12.5 Å². The van der Waals surface area contributed by atoms with Crippen LogP contribution >= 0.6 is 0 Å². The van der Waals surface area contributed by atoms with Crippen LogP contribution in [0, 0.1) is 11.3 Å². The van der Waals surface area contributed by atoms with Crippen LogP contribution in [-0.4, -0.2) is 44.0 Å². The first-order valence-electron chi connectivity index (χ1n) is 9.01. The predicted octanol–water partition coefficient (Wildman–Crippen LogP) is 4.01. The Balaban J connectivity index is 2.78. The molecule has 142 valence electrons. The maximum absolute atomic E-state index is 12.4. The summed E-state index contributed by atoms with van der Waals surface area (Å²) in [7, 11) is 0. The lowest BCUT2D eigenvalue weighted by atomic mass is 9.78. The van der Waals surface area contributed by atoms with E-state index in [1.54, 1.807) is 4.90 Å². The van der Waals surface area contributed by atoms with Crippen LogP contribution in [0.25, 0.3) is 0 Å². The number of carboxylic acid groups (broad SMARTS) is 1. The van der Waals surface area contributed by atoms with Crippen LogP contribution in [0.1, 0.15) is 74.1 Å². The molecule has 3 unspecified atom stereocenters. The van der Waals surface area contributed by atoms with Crippen molar-refractivity contribution in [1.82, 2.24) is 9.62 Å². The molecule has 1 fully saturated rings. The van der Waals surface area contributed by atoms with Crippen LogP contribution in [0.5, 0.6) is 0 Å². The monoisotopic (exact) mass is 360 g/mol. The van der Waals surface area contributed by atoms with Gasteiger partial charge in [0, 0.05) is 23.9 Å². The van der Waals surface area contributed by atoms with E-state index in [4.69, 9.17) is 0 Å². The van der Waals surface area contributed by atoms with Gasteiger partial charge >= 0.3 is 6.09 Å². The molecule has 6 heteroatoms. The summed E-state index contributed by atoms with van der Waals surface area (Å²) in [6, 6.07) is 0.195. The number of rotatable bonds is 3. The van der Waals surface area contributed by atoms with Crippen LogP contribution < -0.4 is 4.72 Å². The number of carbonyl (C=O) groups is 1. The third kappa shape index (κ3) is 6.12. The largest absolute Gasteiger partial charge is 0.598 e. The molecule has 1 heterocycles. The predicted molar refractivity (Wildman–Crippen MR) is 100 cm³/mol. The molecule has 1 rings (SSSR count). The number of hydrogen-bond donors (Lipinski definition) is 2. The van der Waals surface area contributed by atoms with Crippen LogP contribution in [0.15, 0.2) is 0 Å². The van der Waals surface area contributed by atoms with Gasteiger partial charge in [-0.05, 0) is 64.7 Å². The van der Waals surface area contributed by atoms with Crippen molar-refractivity contribution < 1.29 is 14.5 Å². The molecule has 0 radical (unpaired) electrons. The van der Waals surface area contributed by atoms with Crippen molar-refractivity contribution in [3.8, 4) is 0 Å². The van der Waals surface area contributed by atoms with Gasteiger partial charge in [-0.3, -0.25) is 0 Å². The number of nitrogens with one attached hydrogen (secondary N) is 1. The molecule has 1 aliphatic rings. The van der Waals surface area contributed by atoms with Gasteiger partial charge in [0.25, 0.3) is 0 Å². The van der Waals surface area contributed by atoms with Crippen molar-refractivity contribution in [3.63, 3.8) is 0 Å². The highest BCUT2D eigenvalue weighted by atomic mass is 32.2. The first-order chi connectivity index (χ1) is 10.8.